The molecule has 0 radical (unpaired) electrons. The van der Waals surface area contributed by atoms with Gasteiger partial charge >= 0.3 is 5.97 Å². The highest BCUT2D eigenvalue weighted by Gasteiger charge is 2.28. The molecule has 0 unspecified atom stereocenters. The molecule has 0 saturated carbocycles. The van der Waals surface area contributed by atoms with Crippen LogP contribution < -0.4 is 0 Å². The van der Waals surface area contributed by atoms with Gasteiger partial charge in [0.25, 0.3) is 0 Å². The van der Waals surface area contributed by atoms with Crippen LogP contribution in [0.3, 0.4) is 0 Å². The first-order valence-corrected chi connectivity index (χ1v) is 10.4. The molecule has 1 aliphatic heterocycles. The summed E-state index contributed by atoms with van der Waals surface area (Å²) in [5.74, 6) is -0.438. The summed E-state index contributed by atoms with van der Waals surface area (Å²) in [5, 5.41) is 0. The monoisotopic (exact) mass is 368 g/mol. The fourth-order valence-electron chi connectivity index (χ4n) is 2.91. The molecule has 1 fully saturated rings. The molecule has 1 aromatic carbocycles. The first-order valence-electron chi connectivity index (χ1n) is 8.98. The van der Waals surface area contributed by atoms with Gasteiger partial charge in [0.2, 0.25) is 10.0 Å². The average Bonchev–Trinajstić information content (AvgIpc) is 2.63. The van der Waals surface area contributed by atoms with Crippen molar-refractivity contribution in [2.45, 2.75) is 38.0 Å². The lowest BCUT2D eigenvalue weighted by Gasteiger charge is -2.34. The third-order valence-electron chi connectivity index (χ3n) is 4.41. The molecule has 0 amide bonds. The molecule has 1 saturated heterocycles. The van der Waals surface area contributed by atoms with E-state index in [1.807, 2.05) is 0 Å². The van der Waals surface area contributed by atoms with Crippen molar-refractivity contribution in [2.24, 2.45) is 0 Å². The topological polar surface area (TPSA) is 66.9 Å². The van der Waals surface area contributed by atoms with E-state index in [1.165, 1.54) is 47.8 Å². The summed E-state index contributed by atoms with van der Waals surface area (Å²) in [4.78, 5) is 14.2. The molecule has 7 heteroatoms. The van der Waals surface area contributed by atoms with Gasteiger partial charge in [0, 0.05) is 26.2 Å². The maximum Gasteiger partial charge on any atom is 0.338 e. The van der Waals surface area contributed by atoms with Crippen LogP contribution in [0.25, 0.3) is 0 Å². The first-order chi connectivity index (χ1) is 12.0. The minimum Gasteiger partial charge on any atom is -0.462 e. The van der Waals surface area contributed by atoms with Crippen LogP contribution in [0.1, 0.15) is 43.5 Å². The normalized spacial score (nSPS) is 16.7. The Morgan fingerprint density at radius 3 is 2.24 bits per heavy atom. The minimum atomic E-state index is -3.51. The van der Waals surface area contributed by atoms with Crippen molar-refractivity contribution in [1.82, 2.24) is 9.21 Å². The largest absolute Gasteiger partial charge is 0.462 e. The van der Waals surface area contributed by atoms with Gasteiger partial charge in [0.1, 0.15) is 0 Å². The number of benzene rings is 1. The van der Waals surface area contributed by atoms with Crippen molar-refractivity contribution in [2.75, 3.05) is 39.3 Å². The number of piperazine rings is 1. The smallest absolute Gasteiger partial charge is 0.338 e. The molecule has 2 rings (SSSR count). The SMILES string of the molecule is CCCCCN1CCN(S(=O)(=O)c2ccc(C(=O)OCC)cc2)CC1. The van der Waals surface area contributed by atoms with Gasteiger partial charge in [-0.1, -0.05) is 19.8 Å². The van der Waals surface area contributed by atoms with E-state index in [-0.39, 0.29) is 4.90 Å². The number of nitrogens with zero attached hydrogens (tertiary/aromatic N) is 2. The molecule has 140 valence electrons. The Kier molecular flexibility index (Phi) is 7.40. The van der Waals surface area contributed by atoms with Crippen LogP contribution in [-0.4, -0.2) is 62.9 Å². The molecule has 25 heavy (non-hydrogen) atoms. The van der Waals surface area contributed by atoms with Gasteiger partial charge < -0.3 is 9.64 Å². The Labute approximate surface area is 150 Å². The third kappa shape index (κ3) is 5.26. The van der Waals surface area contributed by atoms with Crippen LogP contribution in [0.4, 0.5) is 0 Å². The highest BCUT2D eigenvalue weighted by molar-refractivity contribution is 7.89. The number of hydrogen-bond donors (Lipinski definition) is 0. The second kappa shape index (κ2) is 9.31. The zero-order chi connectivity index (χ0) is 18.3. The Balaban J connectivity index is 1.96. The fourth-order valence-corrected chi connectivity index (χ4v) is 4.33. The molecule has 0 atom stereocenters. The Hall–Kier alpha value is -1.44. The summed E-state index contributed by atoms with van der Waals surface area (Å²) < 4.78 is 32.0. The van der Waals surface area contributed by atoms with Gasteiger partial charge in [0.05, 0.1) is 17.1 Å². The zero-order valence-electron chi connectivity index (χ0n) is 15.1. The summed E-state index contributed by atoms with van der Waals surface area (Å²) in [7, 11) is -3.51. The first kappa shape index (κ1) is 19.9. The van der Waals surface area contributed by atoms with Crippen molar-refractivity contribution in [1.29, 1.82) is 0 Å². The molecule has 0 bridgehead atoms. The molecule has 0 aliphatic carbocycles. The molecular weight excluding hydrogens is 340 g/mol. The number of unbranched alkanes of at least 4 members (excludes halogenated alkanes) is 2. The lowest BCUT2D eigenvalue weighted by molar-refractivity contribution is 0.0526. The van der Waals surface area contributed by atoms with E-state index in [9.17, 15) is 13.2 Å². The molecule has 0 aromatic heterocycles. The van der Waals surface area contributed by atoms with Gasteiger partial charge in [-0.15, -0.1) is 0 Å². The highest BCUT2D eigenvalue weighted by atomic mass is 32.2. The Morgan fingerprint density at radius 2 is 1.68 bits per heavy atom. The van der Waals surface area contributed by atoms with Gasteiger partial charge in [0.15, 0.2) is 0 Å². The summed E-state index contributed by atoms with van der Waals surface area (Å²) in [6.07, 6.45) is 3.57. The number of rotatable bonds is 8. The molecule has 0 spiro atoms. The van der Waals surface area contributed by atoms with E-state index < -0.39 is 16.0 Å². The van der Waals surface area contributed by atoms with Crippen molar-refractivity contribution in [3.8, 4) is 0 Å². The second-order valence-corrected chi connectivity index (χ2v) is 8.14. The maximum absolute atomic E-state index is 12.8. The maximum atomic E-state index is 12.8. The number of sulfonamides is 1. The van der Waals surface area contributed by atoms with Crippen molar-refractivity contribution in [3.05, 3.63) is 29.8 Å². The van der Waals surface area contributed by atoms with E-state index in [0.717, 1.165) is 19.6 Å². The highest BCUT2D eigenvalue weighted by Crippen LogP contribution is 2.19. The quantitative estimate of drug-likeness (QED) is 0.520. The number of hydrogen-bond acceptors (Lipinski definition) is 5. The van der Waals surface area contributed by atoms with Crippen LogP contribution >= 0.6 is 0 Å². The third-order valence-corrected chi connectivity index (χ3v) is 6.33. The summed E-state index contributed by atoms with van der Waals surface area (Å²) >= 11 is 0. The van der Waals surface area contributed by atoms with Crippen LogP contribution in [-0.2, 0) is 14.8 Å². The van der Waals surface area contributed by atoms with Gasteiger partial charge in [-0.25, -0.2) is 13.2 Å². The molecule has 6 nitrogen and oxygen atoms in total. The number of carbonyl (C=O) groups excluding carboxylic acids is 1. The zero-order valence-corrected chi connectivity index (χ0v) is 15.9. The van der Waals surface area contributed by atoms with E-state index >= 15 is 0 Å². The van der Waals surface area contributed by atoms with Gasteiger partial charge in [-0.3, -0.25) is 0 Å². The van der Waals surface area contributed by atoms with Crippen molar-refractivity contribution < 1.29 is 17.9 Å². The van der Waals surface area contributed by atoms with Gasteiger partial charge in [-0.2, -0.15) is 4.31 Å². The second-order valence-electron chi connectivity index (χ2n) is 6.20. The Bertz CT molecular complexity index is 650. The molecular formula is C18H28N2O4S. The molecule has 1 aromatic rings. The van der Waals surface area contributed by atoms with Crippen molar-refractivity contribution >= 4 is 16.0 Å². The predicted octanol–water partition coefficient (Wildman–Crippen LogP) is 2.36. The molecule has 1 aliphatic rings. The van der Waals surface area contributed by atoms with Crippen LogP contribution in [0.2, 0.25) is 0 Å². The summed E-state index contributed by atoms with van der Waals surface area (Å²) in [5.41, 5.74) is 0.363. The standard InChI is InChI=1S/C18H28N2O4S/c1-3-5-6-11-19-12-14-20(15-13-19)25(22,23)17-9-7-16(8-10-17)18(21)24-4-2/h7-10H,3-6,11-15H2,1-2H3. The number of ether oxygens (including phenoxy) is 1. The average molecular weight is 368 g/mol. The lowest BCUT2D eigenvalue weighted by atomic mass is 10.2. The van der Waals surface area contributed by atoms with Crippen LogP contribution in [0, 0.1) is 0 Å². The summed E-state index contributed by atoms with van der Waals surface area (Å²) in [6, 6.07) is 5.97. The van der Waals surface area contributed by atoms with E-state index in [2.05, 4.69) is 11.8 Å². The van der Waals surface area contributed by atoms with E-state index in [1.54, 1.807) is 6.92 Å². The van der Waals surface area contributed by atoms with Crippen molar-refractivity contribution in [3.63, 3.8) is 0 Å². The fraction of sp³-hybridized carbons (Fsp3) is 0.611. The van der Waals surface area contributed by atoms with E-state index in [4.69, 9.17) is 4.74 Å². The Morgan fingerprint density at radius 1 is 1.04 bits per heavy atom. The van der Waals surface area contributed by atoms with E-state index in [0.29, 0.717) is 25.3 Å². The molecule has 1 heterocycles. The van der Waals surface area contributed by atoms with Gasteiger partial charge in [-0.05, 0) is 44.2 Å². The predicted molar refractivity (Wildman–Crippen MR) is 97.1 cm³/mol. The minimum absolute atomic E-state index is 0.222. The van der Waals surface area contributed by atoms with Crippen LogP contribution in [0.15, 0.2) is 29.2 Å². The van der Waals surface area contributed by atoms with Crippen LogP contribution in [0.5, 0.6) is 0 Å². The molecule has 0 N–H and O–H groups in total. The summed E-state index contributed by atoms with van der Waals surface area (Å²) in [6.45, 7) is 7.80. The number of esters is 1. The number of carbonyl (C=O) groups is 1. The lowest BCUT2D eigenvalue weighted by Crippen LogP contribution is -2.48.